The Labute approximate surface area is 182 Å². The first-order valence-corrected chi connectivity index (χ1v) is 9.18. The zero-order chi connectivity index (χ0) is 19.6. The second-order valence-corrected chi connectivity index (χ2v) is 6.49. The van der Waals surface area contributed by atoms with Gasteiger partial charge in [0.25, 0.3) is 0 Å². The van der Waals surface area contributed by atoms with Gasteiger partial charge in [0.2, 0.25) is 5.91 Å². The first-order chi connectivity index (χ1) is 13.0. The lowest BCUT2D eigenvalue weighted by molar-refractivity contribution is -0.127. The fourth-order valence-electron chi connectivity index (χ4n) is 2.64. The minimum atomic E-state index is -0.266. The number of nitrogens with zero attached hydrogens (tertiary/aromatic N) is 3. The normalized spacial score (nSPS) is 14.8. The highest BCUT2D eigenvalue weighted by Gasteiger charge is 2.24. The number of piperidine rings is 1. The quantitative estimate of drug-likeness (QED) is 0.345. The maximum Gasteiger partial charge on any atom is 0.409 e. The molecule has 2 amide bonds. The summed E-state index contributed by atoms with van der Waals surface area (Å²) in [5.41, 5.74) is 0. The fourth-order valence-corrected chi connectivity index (χ4v) is 2.64. The average molecular weight is 507 g/mol. The van der Waals surface area contributed by atoms with Gasteiger partial charge in [0.15, 0.2) is 5.96 Å². The molecule has 0 bridgehead atoms. The molecule has 158 valence electrons. The number of hydrogen-bond donors (Lipinski definition) is 2. The van der Waals surface area contributed by atoms with Crippen LogP contribution in [0.25, 0.3) is 0 Å². The van der Waals surface area contributed by atoms with E-state index in [0.29, 0.717) is 32.2 Å². The fraction of sp³-hybridized carbons (Fsp3) is 0.611. The predicted octanol–water partition coefficient (Wildman–Crippen LogP) is 1.64. The van der Waals surface area contributed by atoms with Crippen molar-refractivity contribution < 1.29 is 18.7 Å². The predicted molar refractivity (Wildman–Crippen MR) is 117 cm³/mol. The van der Waals surface area contributed by atoms with E-state index in [1.165, 1.54) is 4.90 Å². The van der Waals surface area contributed by atoms with E-state index < -0.39 is 0 Å². The molecule has 1 aromatic rings. The van der Waals surface area contributed by atoms with Crippen molar-refractivity contribution >= 4 is 41.9 Å². The van der Waals surface area contributed by atoms with Gasteiger partial charge in [-0.1, -0.05) is 0 Å². The topological polar surface area (TPSA) is 99.4 Å². The van der Waals surface area contributed by atoms with Crippen molar-refractivity contribution in [1.82, 2.24) is 20.4 Å². The van der Waals surface area contributed by atoms with E-state index in [2.05, 4.69) is 15.6 Å². The Morgan fingerprint density at radius 2 is 2.07 bits per heavy atom. The van der Waals surface area contributed by atoms with Crippen molar-refractivity contribution in [2.75, 3.05) is 40.3 Å². The van der Waals surface area contributed by atoms with E-state index in [-0.39, 0.29) is 48.6 Å². The molecule has 0 spiro atoms. The van der Waals surface area contributed by atoms with Crippen LogP contribution in [0.15, 0.2) is 27.8 Å². The number of carbonyl (C=O) groups excluding carboxylic acids is 2. The molecule has 10 heteroatoms. The minimum absolute atomic E-state index is 0. The molecule has 0 saturated carbocycles. The van der Waals surface area contributed by atoms with Gasteiger partial charge in [-0.25, -0.2) is 9.79 Å². The number of furan rings is 1. The van der Waals surface area contributed by atoms with Crippen LogP contribution >= 0.6 is 24.0 Å². The highest BCUT2D eigenvalue weighted by molar-refractivity contribution is 14.0. The van der Waals surface area contributed by atoms with Crippen LogP contribution in [0.3, 0.4) is 0 Å². The monoisotopic (exact) mass is 507 g/mol. The third-order valence-corrected chi connectivity index (χ3v) is 4.24. The summed E-state index contributed by atoms with van der Waals surface area (Å²) in [7, 11) is 3.40. The van der Waals surface area contributed by atoms with Gasteiger partial charge in [0, 0.05) is 33.2 Å². The van der Waals surface area contributed by atoms with Crippen molar-refractivity contribution in [2.45, 2.75) is 32.4 Å². The largest absolute Gasteiger partial charge is 0.467 e. The highest BCUT2D eigenvalue weighted by atomic mass is 127. The van der Waals surface area contributed by atoms with Crippen LogP contribution in [0.5, 0.6) is 0 Å². The van der Waals surface area contributed by atoms with Crippen LogP contribution in [0, 0.1) is 0 Å². The summed E-state index contributed by atoms with van der Waals surface area (Å²) in [5, 5.41) is 6.54. The van der Waals surface area contributed by atoms with E-state index in [1.807, 2.05) is 12.1 Å². The van der Waals surface area contributed by atoms with Crippen LogP contribution in [-0.4, -0.2) is 74.1 Å². The van der Waals surface area contributed by atoms with Crippen LogP contribution in [0.1, 0.15) is 25.5 Å². The van der Waals surface area contributed by atoms with Gasteiger partial charge < -0.3 is 29.6 Å². The van der Waals surface area contributed by atoms with Crippen molar-refractivity contribution in [2.24, 2.45) is 4.99 Å². The number of likely N-dealkylation sites (N-methyl/N-ethyl adjacent to an activating group) is 1. The molecular weight excluding hydrogens is 477 g/mol. The summed E-state index contributed by atoms with van der Waals surface area (Å²) in [6.45, 7) is 3.95. The lowest BCUT2D eigenvalue weighted by atomic mass is 10.1. The number of aliphatic imine (C=N–C) groups is 1. The molecule has 2 rings (SSSR count). The summed E-state index contributed by atoms with van der Waals surface area (Å²) in [6.07, 6.45) is 2.91. The Bertz CT molecular complexity index is 628. The Morgan fingerprint density at radius 1 is 1.36 bits per heavy atom. The molecule has 0 atom stereocenters. The maximum atomic E-state index is 11.8. The van der Waals surface area contributed by atoms with Gasteiger partial charge >= 0.3 is 6.09 Å². The summed E-state index contributed by atoms with van der Waals surface area (Å²) >= 11 is 0. The third kappa shape index (κ3) is 7.95. The Balaban J connectivity index is 0.00000392. The van der Waals surface area contributed by atoms with Crippen molar-refractivity contribution in [3.8, 4) is 0 Å². The SMILES string of the molecule is CCOC(=O)N1CCC(NC(=NCC(=O)N(C)C)NCc2ccco2)CC1.I. The van der Waals surface area contributed by atoms with Gasteiger partial charge in [-0.2, -0.15) is 0 Å². The molecule has 1 saturated heterocycles. The molecule has 1 aliphatic rings. The summed E-state index contributed by atoms with van der Waals surface area (Å²) in [5.74, 6) is 1.25. The van der Waals surface area contributed by atoms with E-state index in [1.54, 1.807) is 32.2 Å². The number of carbonyl (C=O) groups is 2. The standard InChI is InChI=1S/C18H29N5O4.HI/c1-4-26-18(25)23-9-7-14(8-10-23)21-17(20-13-16(24)22(2)3)19-12-15-6-5-11-27-15;/h5-6,11,14H,4,7-10,12-13H2,1-3H3,(H2,19,20,21);1H. The third-order valence-electron chi connectivity index (χ3n) is 4.24. The number of guanidine groups is 1. The smallest absolute Gasteiger partial charge is 0.409 e. The minimum Gasteiger partial charge on any atom is -0.467 e. The zero-order valence-corrected chi connectivity index (χ0v) is 19.0. The highest BCUT2D eigenvalue weighted by Crippen LogP contribution is 2.11. The average Bonchev–Trinajstić information content (AvgIpc) is 3.18. The molecular formula is C18H30IN5O4. The molecule has 1 aromatic heterocycles. The number of likely N-dealkylation sites (tertiary alicyclic amines) is 1. The zero-order valence-electron chi connectivity index (χ0n) is 16.6. The van der Waals surface area contributed by atoms with Gasteiger partial charge in [-0.05, 0) is 31.9 Å². The Kier molecular flexibility index (Phi) is 10.7. The molecule has 0 radical (unpaired) electrons. The number of amides is 2. The molecule has 28 heavy (non-hydrogen) atoms. The molecule has 2 N–H and O–H groups in total. The maximum absolute atomic E-state index is 11.8. The number of hydrogen-bond acceptors (Lipinski definition) is 5. The molecule has 0 unspecified atom stereocenters. The van der Waals surface area contributed by atoms with Crippen molar-refractivity contribution in [3.63, 3.8) is 0 Å². The van der Waals surface area contributed by atoms with Crippen LogP contribution in [0.4, 0.5) is 4.79 Å². The van der Waals surface area contributed by atoms with Crippen molar-refractivity contribution in [1.29, 1.82) is 0 Å². The second kappa shape index (κ2) is 12.5. The molecule has 9 nitrogen and oxygen atoms in total. The van der Waals surface area contributed by atoms with Crippen molar-refractivity contribution in [3.05, 3.63) is 24.2 Å². The van der Waals surface area contributed by atoms with E-state index in [9.17, 15) is 9.59 Å². The summed E-state index contributed by atoms with van der Waals surface area (Å²) < 4.78 is 10.4. The van der Waals surface area contributed by atoms with Crippen LogP contribution in [-0.2, 0) is 16.1 Å². The van der Waals surface area contributed by atoms with Gasteiger partial charge in [-0.3, -0.25) is 4.79 Å². The molecule has 1 aliphatic heterocycles. The van der Waals surface area contributed by atoms with E-state index in [4.69, 9.17) is 9.15 Å². The van der Waals surface area contributed by atoms with E-state index in [0.717, 1.165) is 18.6 Å². The lowest BCUT2D eigenvalue weighted by Gasteiger charge is -2.32. The Morgan fingerprint density at radius 3 is 2.64 bits per heavy atom. The number of nitrogens with one attached hydrogen (secondary N) is 2. The second-order valence-electron chi connectivity index (χ2n) is 6.49. The first kappa shape index (κ1) is 24.1. The molecule has 0 aliphatic carbocycles. The summed E-state index contributed by atoms with van der Waals surface area (Å²) in [4.78, 5) is 31.2. The first-order valence-electron chi connectivity index (χ1n) is 9.18. The van der Waals surface area contributed by atoms with Crippen LogP contribution < -0.4 is 10.6 Å². The van der Waals surface area contributed by atoms with Gasteiger partial charge in [-0.15, -0.1) is 24.0 Å². The number of halogens is 1. The van der Waals surface area contributed by atoms with Gasteiger partial charge in [0.05, 0.1) is 19.4 Å². The summed E-state index contributed by atoms with van der Waals surface area (Å²) in [6, 6.07) is 3.85. The molecule has 0 aromatic carbocycles. The Hall–Kier alpha value is -1.98. The number of rotatable bonds is 6. The van der Waals surface area contributed by atoms with Gasteiger partial charge in [0.1, 0.15) is 12.3 Å². The lowest BCUT2D eigenvalue weighted by Crippen LogP contribution is -2.50. The van der Waals surface area contributed by atoms with Crippen LogP contribution in [0.2, 0.25) is 0 Å². The molecule has 1 fully saturated rings. The van der Waals surface area contributed by atoms with E-state index >= 15 is 0 Å². The number of ether oxygens (including phenoxy) is 1. The molecule has 2 heterocycles.